The third kappa shape index (κ3) is 3.37. The van der Waals surface area contributed by atoms with Crippen molar-refractivity contribution in [2.24, 2.45) is 5.92 Å². The number of rotatable bonds is 5. The number of hydrogen-bond donors (Lipinski definition) is 2. The Hall–Kier alpha value is -3.78. The first kappa shape index (κ1) is 18.3. The summed E-state index contributed by atoms with van der Waals surface area (Å²) in [6.07, 6.45) is 11.0. The summed E-state index contributed by atoms with van der Waals surface area (Å²) in [6.45, 7) is 0. The van der Waals surface area contributed by atoms with E-state index in [1.54, 1.807) is 6.07 Å². The minimum Gasteiger partial charge on any atom is -0.478 e. The van der Waals surface area contributed by atoms with Crippen molar-refractivity contribution >= 4 is 33.9 Å². The Morgan fingerprint density at radius 1 is 1.17 bits per heavy atom. The molecule has 2 aliphatic carbocycles. The molecule has 0 radical (unpaired) electrons. The summed E-state index contributed by atoms with van der Waals surface area (Å²) in [5.41, 5.74) is 4.99. The van der Waals surface area contributed by atoms with Crippen LogP contribution in [0, 0.1) is 17.2 Å². The number of fused-ring (bicyclic) bond motifs is 1. The van der Waals surface area contributed by atoms with Gasteiger partial charge in [0, 0.05) is 23.0 Å². The van der Waals surface area contributed by atoms with Crippen molar-refractivity contribution in [2.45, 2.75) is 25.2 Å². The molecule has 0 spiro atoms. The summed E-state index contributed by atoms with van der Waals surface area (Å²) in [5.74, 6) is -0.458. The third-order valence-electron chi connectivity index (χ3n) is 5.82. The predicted octanol–water partition coefficient (Wildman–Crippen LogP) is 5.90. The number of nitrogens with one attached hydrogen (secondary N) is 1. The molecule has 1 aromatic heterocycles. The molecule has 3 aromatic rings. The van der Waals surface area contributed by atoms with E-state index in [0.717, 1.165) is 47.1 Å². The molecule has 5 rings (SSSR count). The number of carbonyl (C=O) groups is 1. The van der Waals surface area contributed by atoms with Gasteiger partial charge in [0.2, 0.25) is 0 Å². The molecule has 2 aliphatic rings. The highest BCUT2D eigenvalue weighted by molar-refractivity contribution is 5.96. The highest BCUT2D eigenvalue weighted by atomic mass is 16.4. The molecule has 1 fully saturated rings. The second kappa shape index (κ2) is 7.23. The van der Waals surface area contributed by atoms with Crippen LogP contribution in [-0.2, 0) is 0 Å². The summed E-state index contributed by atoms with van der Waals surface area (Å²) in [4.78, 5) is 11.8. The van der Waals surface area contributed by atoms with Crippen LogP contribution in [0.2, 0.25) is 0 Å². The van der Waals surface area contributed by atoms with E-state index in [1.807, 2.05) is 54.7 Å². The summed E-state index contributed by atoms with van der Waals surface area (Å²) in [5, 5.41) is 23.0. The van der Waals surface area contributed by atoms with Gasteiger partial charge in [-0.3, -0.25) is 0 Å². The second-order valence-electron chi connectivity index (χ2n) is 7.93. The first-order valence-electron chi connectivity index (χ1n) is 10.2. The Bertz CT molecular complexity index is 1260. The van der Waals surface area contributed by atoms with Crippen molar-refractivity contribution in [1.29, 1.82) is 5.26 Å². The van der Waals surface area contributed by atoms with E-state index in [-0.39, 0.29) is 5.92 Å². The SMILES string of the molecule is N#CC1C=CC(n2ccc3cc(Nc4ccc(C5CC5)cc4C(=O)O)ccc32)=CC1. The lowest BCUT2D eigenvalue weighted by Crippen LogP contribution is -2.04. The molecular weight excluding hydrogens is 374 g/mol. The van der Waals surface area contributed by atoms with Crippen LogP contribution in [0.15, 0.2) is 66.9 Å². The van der Waals surface area contributed by atoms with Gasteiger partial charge in [-0.2, -0.15) is 5.26 Å². The molecule has 2 N–H and O–H groups in total. The molecule has 1 heterocycles. The van der Waals surface area contributed by atoms with Crippen molar-refractivity contribution in [1.82, 2.24) is 4.57 Å². The number of allylic oxidation sites excluding steroid dienone is 4. The maximum absolute atomic E-state index is 11.8. The van der Waals surface area contributed by atoms with Gasteiger partial charge >= 0.3 is 5.97 Å². The molecule has 1 unspecified atom stereocenters. The van der Waals surface area contributed by atoms with Gasteiger partial charge in [-0.1, -0.05) is 18.2 Å². The van der Waals surface area contributed by atoms with Crippen molar-refractivity contribution in [3.8, 4) is 6.07 Å². The van der Waals surface area contributed by atoms with Crippen molar-refractivity contribution in [3.63, 3.8) is 0 Å². The number of nitriles is 1. The number of carboxylic acids is 1. The molecule has 30 heavy (non-hydrogen) atoms. The van der Waals surface area contributed by atoms with E-state index < -0.39 is 5.97 Å². The maximum atomic E-state index is 11.8. The van der Waals surface area contributed by atoms with Gasteiger partial charge in [0.15, 0.2) is 0 Å². The zero-order valence-electron chi connectivity index (χ0n) is 16.4. The van der Waals surface area contributed by atoms with Crippen LogP contribution in [0.3, 0.4) is 0 Å². The summed E-state index contributed by atoms with van der Waals surface area (Å²) < 4.78 is 2.11. The molecule has 1 atom stereocenters. The maximum Gasteiger partial charge on any atom is 0.337 e. The fourth-order valence-corrected chi connectivity index (χ4v) is 4.00. The Balaban J connectivity index is 1.43. The molecule has 5 heteroatoms. The first-order chi connectivity index (χ1) is 14.6. The van der Waals surface area contributed by atoms with E-state index in [4.69, 9.17) is 5.26 Å². The average molecular weight is 395 g/mol. The quantitative estimate of drug-likeness (QED) is 0.564. The van der Waals surface area contributed by atoms with Gasteiger partial charge in [-0.15, -0.1) is 0 Å². The lowest BCUT2D eigenvalue weighted by atomic mass is 10.0. The Morgan fingerprint density at radius 2 is 2.03 bits per heavy atom. The minimum absolute atomic E-state index is 0.0545. The molecule has 2 aromatic carbocycles. The first-order valence-corrected chi connectivity index (χ1v) is 10.2. The molecule has 0 bridgehead atoms. The Morgan fingerprint density at radius 3 is 2.73 bits per heavy atom. The zero-order chi connectivity index (χ0) is 20.7. The lowest BCUT2D eigenvalue weighted by Gasteiger charge is -2.14. The minimum atomic E-state index is -0.918. The number of aromatic nitrogens is 1. The molecule has 0 amide bonds. The summed E-state index contributed by atoms with van der Waals surface area (Å²) in [6, 6.07) is 16.0. The third-order valence-corrected chi connectivity index (χ3v) is 5.82. The van der Waals surface area contributed by atoms with Crippen LogP contribution in [-0.4, -0.2) is 15.6 Å². The van der Waals surface area contributed by atoms with Gasteiger partial charge < -0.3 is 15.0 Å². The standard InChI is InChI=1S/C25H21N3O2/c26-15-16-1-7-21(8-2-16)28-12-11-19-13-20(6-10-24(19)28)27-23-9-5-18(17-3-4-17)14-22(23)25(29)30/h1,5-14,16-17,27H,2-4H2,(H,29,30). The van der Waals surface area contributed by atoms with Crippen LogP contribution in [0.1, 0.15) is 41.1 Å². The number of benzene rings is 2. The molecule has 148 valence electrons. The molecule has 1 saturated carbocycles. The number of nitrogens with zero attached hydrogens (tertiary/aromatic N) is 2. The van der Waals surface area contributed by atoms with Crippen LogP contribution < -0.4 is 5.32 Å². The molecule has 0 saturated heterocycles. The van der Waals surface area contributed by atoms with Crippen LogP contribution in [0.25, 0.3) is 16.6 Å². The molecule has 0 aliphatic heterocycles. The largest absolute Gasteiger partial charge is 0.478 e. The fraction of sp³-hybridized carbons (Fsp3) is 0.200. The number of carboxylic acid groups (broad SMARTS) is 1. The van der Waals surface area contributed by atoms with Crippen LogP contribution in [0.4, 0.5) is 11.4 Å². The van der Waals surface area contributed by atoms with E-state index in [9.17, 15) is 9.90 Å². The fourth-order valence-electron chi connectivity index (χ4n) is 4.00. The predicted molar refractivity (Wildman–Crippen MR) is 118 cm³/mol. The Labute approximate surface area is 174 Å². The topological polar surface area (TPSA) is 78.0 Å². The van der Waals surface area contributed by atoms with Gasteiger partial charge in [0.05, 0.1) is 28.8 Å². The van der Waals surface area contributed by atoms with Crippen molar-refractivity contribution in [2.75, 3.05) is 5.32 Å². The number of hydrogen-bond acceptors (Lipinski definition) is 3. The number of anilines is 2. The highest BCUT2D eigenvalue weighted by Gasteiger charge is 2.25. The summed E-state index contributed by atoms with van der Waals surface area (Å²) in [7, 11) is 0. The normalized spacial score (nSPS) is 18.1. The highest BCUT2D eigenvalue weighted by Crippen LogP contribution is 2.41. The van der Waals surface area contributed by atoms with Gasteiger partial charge in [-0.05, 0) is 73.2 Å². The van der Waals surface area contributed by atoms with Crippen molar-refractivity contribution in [3.05, 3.63) is 78.0 Å². The average Bonchev–Trinajstić information content (AvgIpc) is 3.53. The van der Waals surface area contributed by atoms with Crippen LogP contribution >= 0.6 is 0 Å². The van der Waals surface area contributed by atoms with E-state index in [0.29, 0.717) is 17.2 Å². The van der Waals surface area contributed by atoms with Gasteiger partial charge in [0.1, 0.15) is 0 Å². The lowest BCUT2D eigenvalue weighted by molar-refractivity contribution is 0.0698. The van der Waals surface area contributed by atoms with Gasteiger partial charge in [0.25, 0.3) is 0 Å². The second-order valence-corrected chi connectivity index (χ2v) is 7.93. The van der Waals surface area contributed by atoms with Gasteiger partial charge in [-0.25, -0.2) is 4.79 Å². The smallest absolute Gasteiger partial charge is 0.337 e. The van der Waals surface area contributed by atoms with E-state index >= 15 is 0 Å². The monoisotopic (exact) mass is 395 g/mol. The molecule has 5 nitrogen and oxygen atoms in total. The van der Waals surface area contributed by atoms with Crippen molar-refractivity contribution < 1.29 is 9.90 Å². The zero-order valence-corrected chi connectivity index (χ0v) is 16.4. The number of aromatic carboxylic acids is 1. The Kier molecular flexibility index (Phi) is 4.40. The van der Waals surface area contributed by atoms with Crippen LogP contribution in [0.5, 0.6) is 0 Å². The summed E-state index contributed by atoms with van der Waals surface area (Å²) >= 11 is 0. The molecular formula is C25H21N3O2. The van der Waals surface area contributed by atoms with E-state index in [1.165, 1.54) is 0 Å². The van der Waals surface area contributed by atoms with E-state index in [2.05, 4.69) is 22.0 Å².